The Morgan fingerprint density at radius 3 is 2.57 bits per heavy atom. The number of β-lactam (4-membered cyclic amide) rings is 1. The van der Waals surface area contributed by atoms with Crippen molar-refractivity contribution in [3.8, 4) is 0 Å². The molecule has 10 nitrogen and oxygen atoms in total. The van der Waals surface area contributed by atoms with Crippen LogP contribution in [0.2, 0.25) is 0 Å². The van der Waals surface area contributed by atoms with Gasteiger partial charge in [0.25, 0.3) is 11.8 Å². The van der Waals surface area contributed by atoms with Gasteiger partial charge in [-0.15, -0.1) is 11.8 Å². The predicted octanol–water partition coefficient (Wildman–Crippen LogP) is 0.810. The van der Waals surface area contributed by atoms with Crippen LogP contribution in [0.4, 0.5) is 8.78 Å². The molecular weight excluding hydrogens is 426 g/mol. The fourth-order valence-corrected chi connectivity index (χ4v) is 4.71. The number of thioether (sulfide) groups is 1. The van der Waals surface area contributed by atoms with Crippen LogP contribution in [0.25, 0.3) is 0 Å². The summed E-state index contributed by atoms with van der Waals surface area (Å²) in [4.78, 5) is 48.9. The number of carboxylic acids is 1. The molecule has 0 spiro atoms. The number of alkyl halides is 2. The number of aliphatic carboxylic acids is 1. The number of carbonyl (C=O) groups excluding carboxylic acids is 3. The largest absolute Gasteiger partial charge is 0.477 e. The van der Waals surface area contributed by atoms with Crippen molar-refractivity contribution < 1.29 is 37.8 Å². The van der Waals surface area contributed by atoms with Gasteiger partial charge in [0.1, 0.15) is 23.7 Å². The molecule has 3 rings (SSSR count). The van der Waals surface area contributed by atoms with E-state index in [0.29, 0.717) is 4.68 Å². The minimum absolute atomic E-state index is 0.0466. The maximum Gasteiger partial charge on any atom is 0.352 e. The zero-order valence-corrected chi connectivity index (χ0v) is 17.0. The zero-order chi connectivity index (χ0) is 22.3. The molecule has 1 aromatic rings. The summed E-state index contributed by atoms with van der Waals surface area (Å²) in [6, 6.07) is -1.03. The first-order valence-corrected chi connectivity index (χ1v) is 9.77. The minimum Gasteiger partial charge on any atom is -0.477 e. The first-order valence-electron chi connectivity index (χ1n) is 8.72. The van der Waals surface area contributed by atoms with Crippen molar-refractivity contribution in [3.63, 3.8) is 0 Å². The molecule has 30 heavy (non-hydrogen) atoms. The summed E-state index contributed by atoms with van der Waals surface area (Å²) in [5.41, 5.74) is -0.0445. The maximum absolute atomic E-state index is 13.0. The molecule has 1 aromatic heterocycles. The second kappa shape index (κ2) is 8.05. The average Bonchev–Trinajstić information content (AvgIpc) is 2.97. The Balaban J connectivity index is 1.79. The summed E-state index contributed by atoms with van der Waals surface area (Å²) in [7, 11) is 0. The lowest BCUT2D eigenvalue weighted by atomic mass is 10.0. The third-order valence-electron chi connectivity index (χ3n) is 4.72. The normalized spacial score (nSPS) is 20.7. The van der Waals surface area contributed by atoms with Gasteiger partial charge in [-0.1, -0.05) is 0 Å². The van der Waals surface area contributed by atoms with Gasteiger partial charge in [-0.05, 0) is 13.8 Å². The highest BCUT2D eigenvalue weighted by Crippen LogP contribution is 2.40. The summed E-state index contributed by atoms with van der Waals surface area (Å²) < 4.78 is 31.2. The zero-order valence-electron chi connectivity index (χ0n) is 16.1. The van der Waals surface area contributed by atoms with Crippen molar-refractivity contribution in [3.05, 3.63) is 28.2 Å². The SMILES string of the molecule is CC(=O)OCC1=C(C(=O)O)N2C(=O)[C@H](NC(=O)c3c(C)nn(C(F)F)c3C)[C@@H]2SC1. The Bertz CT molecular complexity index is 976. The van der Waals surface area contributed by atoms with Crippen LogP contribution >= 0.6 is 11.8 Å². The van der Waals surface area contributed by atoms with Crippen molar-refractivity contribution >= 4 is 35.5 Å². The quantitative estimate of drug-likeness (QED) is 0.487. The number of aryl methyl sites for hydroxylation is 1. The molecule has 2 aliphatic heterocycles. The number of amides is 2. The van der Waals surface area contributed by atoms with E-state index in [1.807, 2.05) is 0 Å². The lowest BCUT2D eigenvalue weighted by Crippen LogP contribution is -2.70. The molecule has 1 saturated heterocycles. The van der Waals surface area contributed by atoms with Crippen molar-refractivity contribution in [1.82, 2.24) is 20.0 Å². The predicted molar refractivity (Wildman–Crippen MR) is 98.6 cm³/mol. The van der Waals surface area contributed by atoms with Gasteiger partial charge in [0.15, 0.2) is 0 Å². The van der Waals surface area contributed by atoms with E-state index in [2.05, 4.69) is 10.4 Å². The lowest BCUT2D eigenvalue weighted by Gasteiger charge is -2.49. The summed E-state index contributed by atoms with van der Waals surface area (Å²) in [6.07, 6.45) is 0. The topological polar surface area (TPSA) is 131 Å². The molecule has 0 aliphatic carbocycles. The number of hydrogen-bond acceptors (Lipinski definition) is 7. The second-order valence-electron chi connectivity index (χ2n) is 6.67. The van der Waals surface area contributed by atoms with E-state index < -0.39 is 41.7 Å². The average molecular weight is 444 g/mol. The Labute approximate surface area is 173 Å². The highest BCUT2D eigenvalue weighted by Gasteiger charge is 2.54. The van der Waals surface area contributed by atoms with Crippen LogP contribution in [0, 0.1) is 13.8 Å². The van der Waals surface area contributed by atoms with E-state index in [1.165, 1.54) is 32.5 Å². The van der Waals surface area contributed by atoms with Crippen LogP contribution in [0.15, 0.2) is 11.3 Å². The van der Waals surface area contributed by atoms with Gasteiger partial charge in [-0.25, -0.2) is 9.48 Å². The summed E-state index contributed by atoms with van der Waals surface area (Å²) in [5.74, 6) is -3.17. The molecule has 13 heteroatoms. The molecule has 2 N–H and O–H groups in total. The Morgan fingerprint density at radius 1 is 1.37 bits per heavy atom. The Kier molecular flexibility index (Phi) is 5.83. The van der Waals surface area contributed by atoms with Crippen LogP contribution in [0.3, 0.4) is 0 Å². The number of carbonyl (C=O) groups is 4. The molecule has 2 atom stereocenters. The first-order chi connectivity index (χ1) is 14.0. The fourth-order valence-electron chi connectivity index (χ4n) is 3.38. The van der Waals surface area contributed by atoms with Crippen molar-refractivity contribution in [1.29, 1.82) is 0 Å². The number of esters is 1. The first kappa shape index (κ1) is 21.7. The molecule has 0 aromatic carbocycles. The molecule has 0 radical (unpaired) electrons. The number of hydrogen-bond donors (Lipinski definition) is 2. The van der Waals surface area contributed by atoms with E-state index in [9.17, 15) is 33.1 Å². The summed E-state index contributed by atoms with van der Waals surface area (Å²) >= 11 is 1.20. The van der Waals surface area contributed by atoms with Crippen LogP contribution in [-0.2, 0) is 19.1 Å². The molecule has 1 fully saturated rings. The number of halogens is 2. The molecule has 2 aliphatic rings. The monoisotopic (exact) mass is 444 g/mol. The van der Waals surface area contributed by atoms with E-state index in [0.717, 1.165) is 4.90 Å². The Morgan fingerprint density at radius 2 is 2.03 bits per heavy atom. The van der Waals surface area contributed by atoms with Crippen LogP contribution in [0.1, 0.15) is 35.2 Å². The van der Waals surface area contributed by atoms with Gasteiger partial charge in [0.2, 0.25) is 0 Å². The van der Waals surface area contributed by atoms with Crippen LogP contribution in [-0.4, -0.2) is 67.3 Å². The molecule has 162 valence electrons. The van der Waals surface area contributed by atoms with E-state index >= 15 is 0 Å². The Hall–Kier alpha value is -2.96. The summed E-state index contributed by atoms with van der Waals surface area (Å²) in [6.45, 7) is 0.720. The number of ether oxygens (including phenoxy) is 1. The van der Waals surface area contributed by atoms with Gasteiger partial charge < -0.3 is 15.2 Å². The van der Waals surface area contributed by atoms with Crippen molar-refractivity contribution in [2.45, 2.75) is 38.7 Å². The number of aromatic nitrogens is 2. The van der Waals surface area contributed by atoms with Gasteiger partial charge in [-0.2, -0.15) is 13.9 Å². The third-order valence-corrected chi connectivity index (χ3v) is 6.06. The molecule has 0 bridgehead atoms. The number of nitrogens with zero attached hydrogens (tertiary/aromatic N) is 3. The highest BCUT2D eigenvalue weighted by atomic mass is 32.2. The minimum atomic E-state index is -2.92. The number of rotatable bonds is 6. The molecule has 0 unspecified atom stereocenters. The lowest BCUT2D eigenvalue weighted by molar-refractivity contribution is -0.149. The second-order valence-corrected chi connectivity index (χ2v) is 7.77. The van der Waals surface area contributed by atoms with E-state index in [4.69, 9.17) is 4.74 Å². The maximum atomic E-state index is 13.0. The molecule has 0 saturated carbocycles. The van der Waals surface area contributed by atoms with Crippen molar-refractivity contribution in [2.24, 2.45) is 0 Å². The number of nitrogens with one attached hydrogen (secondary N) is 1. The number of carboxylic acid groups (broad SMARTS) is 1. The van der Waals surface area contributed by atoms with Crippen LogP contribution in [0.5, 0.6) is 0 Å². The highest BCUT2D eigenvalue weighted by molar-refractivity contribution is 8.00. The van der Waals surface area contributed by atoms with Crippen LogP contribution < -0.4 is 5.32 Å². The van der Waals surface area contributed by atoms with E-state index in [1.54, 1.807) is 0 Å². The van der Waals surface area contributed by atoms with Gasteiger partial charge in [0, 0.05) is 18.2 Å². The van der Waals surface area contributed by atoms with E-state index in [-0.39, 0.29) is 40.6 Å². The van der Waals surface area contributed by atoms with Gasteiger partial charge >= 0.3 is 18.5 Å². The smallest absolute Gasteiger partial charge is 0.352 e. The van der Waals surface area contributed by atoms with Crippen molar-refractivity contribution in [2.75, 3.05) is 12.4 Å². The fraction of sp³-hybridized carbons (Fsp3) is 0.471. The summed E-state index contributed by atoms with van der Waals surface area (Å²) in [5, 5.41) is 15.0. The number of fused-ring (bicyclic) bond motifs is 1. The molecule has 3 heterocycles. The van der Waals surface area contributed by atoms with Gasteiger partial charge in [-0.3, -0.25) is 19.3 Å². The molecular formula is C17H18F2N4O6S. The third kappa shape index (κ3) is 3.64. The standard InChI is InChI=1S/C17H18F2N4O6S/c1-6-10(7(2)23(21-6)17(18)19)13(25)20-11-14(26)22-12(16(27)28)9(4-29-8(3)24)5-30-15(11)22/h11,15,17H,4-5H2,1-3H3,(H,20,25)(H,27,28)/t11-,15-/m0/s1. The molecule has 2 amide bonds. The van der Waals surface area contributed by atoms with Gasteiger partial charge in [0.05, 0.1) is 17.0 Å².